The molecule has 0 radical (unpaired) electrons. The van der Waals surface area contributed by atoms with Crippen LogP contribution in [0.2, 0.25) is 5.02 Å². The third-order valence-corrected chi connectivity index (χ3v) is 3.91. The smallest absolute Gasteiger partial charge is 0.227 e. The normalized spacial score (nSPS) is 23.9. The van der Waals surface area contributed by atoms with Crippen molar-refractivity contribution in [1.29, 1.82) is 0 Å². The highest BCUT2D eigenvalue weighted by Crippen LogP contribution is 2.24. The Morgan fingerprint density at radius 2 is 2.00 bits per heavy atom. The lowest BCUT2D eigenvalue weighted by molar-refractivity contribution is -0.126. The van der Waals surface area contributed by atoms with Gasteiger partial charge in [0.1, 0.15) is 0 Å². The van der Waals surface area contributed by atoms with Gasteiger partial charge in [0, 0.05) is 11.1 Å². The van der Waals surface area contributed by atoms with Gasteiger partial charge >= 0.3 is 0 Å². The molecule has 1 aliphatic rings. The Hall–Kier alpha value is -1.10. The van der Waals surface area contributed by atoms with Crippen LogP contribution in [0.1, 0.15) is 25.5 Å². The van der Waals surface area contributed by atoms with Gasteiger partial charge in [-0.25, -0.2) is 0 Å². The van der Waals surface area contributed by atoms with E-state index in [2.05, 4.69) is 19.2 Å². The predicted octanol–water partition coefficient (Wildman–Crippen LogP) is 2.13. The second-order valence-electron chi connectivity index (χ2n) is 5.59. The van der Waals surface area contributed by atoms with Crippen LogP contribution in [-0.4, -0.2) is 25.2 Å². The number of nitrogens with one attached hydrogen (secondary N) is 1. The molecule has 3 atom stereocenters. The first-order valence-electron chi connectivity index (χ1n) is 6.88. The first kappa shape index (κ1) is 15.3. The van der Waals surface area contributed by atoms with Gasteiger partial charge in [-0.15, -0.1) is 0 Å². The number of carbonyl (C=O) groups excluding carboxylic acids is 1. The van der Waals surface area contributed by atoms with Crippen LogP contribution in [0.5, 0.6) is 0 Å². The maximum atomic E-state index is 12.3. The number of amides is 1. The number of hydrogen-bond donors (Lipinski definition) is 2. The number of carbonyl (C=O) groups is 1. The first-order valence-corrected chi connectivity index (χ1v) is 7.26. The van der Waals surface area contributed by atoms with Gasteiger partial charge in [0.25, 0.3) is 0 Å². The molecule has 5 heteroatoms. The van der Waals surface area contributed by atoms with Crippen LogP contribution >= 0.6 is 11.6 Å². The number of hydrogen-bond acceptors (Lipinski definition) is 3. The van der Waals surface area contributed by atoms with E-state index in [0.717, 1.165) is 5.56 Å². The molecule has 20 heavy (non-hydrogen) atoms. The summed E-state index contributed by atoms with van der Waals surface area (Å²) in [6, 6.07) is 7.29. The molecule has 2 rings (SSSR count). The predicted molar refractivity (Wildman–Crippen MR) is 79.5 cm³/mol. The molecule has 1 aromatic rings. The van der Waals surface area contributed by atoms with Crippen LogP contribution in [0.15, 0.2) is 24.3 Å². The van der Waals surface area contributed by atoms with Gasteiger partial charge in [-0.3, -0.25) is 4.79 Å². The van der Waals surface area contributed by atoms with Crippen molar-refractivity contribution < 1.29 is 9.53 Å². The summed E-state index contributed by atoms with van der Waals surface area (Å²) in [7, 11) is 0. The van der Waals surface area contributed by atoms with Crippen LogP contribution in [0.3, 0.4) is 0 Å². The van der Waals surface area contributed by atoms with Crippen molar-refractivity contribution in [3.05, 3.63) is 34.9 Å². The lowest BCUT2D eigenvalue weighted by atomic mass is 9.94. The van der Waals surface area contributed by atoms with Gasteiger partial charge in [-0.05, 0) is 23.6 Å². The highest BCUT2D eigenvalue weighted by atomic mass is 35.5. The molecule has 1 saturated heterocycles. The summed E-state index contributed by atoms with van der Waals surface area (Å²) in [4.78, 5) is 12.3. The second kappa shape index (κ2) is 6.57. The molecule has 1 amide bonds. The first-order chi connectivity index (χ1) is 9.49. The van der Waals surface area contributed by atoms with Crippen molar-refractivity contribution in [1.82, 2.24) is 5.32 Å². The molecule has 3 N–H and O–H groups in total. The maximum absolute atomic E-state index is 12.3. The van der Waals surface area contributed by atoms with Gasteiger partial charge in [-0.2, -0.15) is 0 Å². The van der Waals surface area contributed by atoms with E-state index in [1.807, 2.05) is 24.3 Å². The molecule has 1 fully saturated rings. The number of halogens is 1. The van der Waals surface area contributed by atoms with Crippen molar-refractivity contribution in [2.75, 3.05) is 13.2 Å². The average molecular weight is 297 g/mol. The fourth-order valence-electron chi connectivity index (χ4n) is 2.41. The Kier molecular flexibility index (Phi) is 5.02. The Balaban J connectivity index is 2.09. The second-order valence-corrected chi connectivity index (χ2v) is 6.03. The lowest BCUT2D eigenvalue weighted by Crippen LogP contribution is -2.43. The third kappa shape index (κ3) is 3.51. The largest absolute Gasteiger partial charge is 0.379 e. The Labute approximate surface area is 124 Å². The molecule has 110 valence electrons. The molecule has 0 aliphatic carbocycles. The third-order valence-electron chi connectivity index (χ3n) is 3.65. The highest BCUT2D eigenvalue weighted by molar-refractivity contribution is 6.30. The zero-order valence-corrected chi connectivity index (χ0v) is 12.6. The van der Waals surface area contributed by atoms with E-state index in [1.54, 1.807) is 0 Å². The molecular formula is C15H21ClN2O2. The molecule has 3 unspecified atom stereocenters. The van der Waals surface area contributed by atoms with Crippen molar-refractivity contribution in [3.63, 3.8) is 0 Å². The van der Waals surface area contributed by atoms with E-state index in [-0.39, 0.29) is 29.8 Å². The summed E-state index contributed by atoms with van der Waals surface area (Å²) < 4.78 is 5.25. The van der Waals surface area contributed by atoms with E-state index < -0.39 is 0 Å². The quantitative estimate of drug-likeness (QED) is 0.894. The lowest BCUT2D eigenvalue weighted by Gasteiger charge is -2.25. The molecule has 0 spiro atoms. The summed E-state index contributed by atoms with van der Waals surface area (Å²) >= 11 is 5.90. The van der Waals surface area contributed by atoms with E-state index in [1.165, 1.54) is 0 Å². The fourth-order valence-corrected chi connectivity index (χ4v) is 2.53. The van der Waals surface area contributed by atoms with Crippen molar-refractivity contribution in [2.24, 2.45) is 17.6 Å². The molecule has 0 bridgehead atoms. The maximum Gasteiger partial charge on any atom is 0.227 e. The van der Waals surface area contributed by atoms with Gasteiger partial charge in [0.15, 0.2) is 0 Å². The summed E-state index contributed by atoms with van der Waals surface area (Å²) in [5.41, 5.74) is 6.93. The molecule has 1 aliphatic heterocycles. The highest BCUT2D eigenvalue weighted by Gasteiger charge is 2.33. The van der Waals surface area contributed by atoms with E-state index >= 15 is 0 Å². The summed E-state index contributed by atoms with van der Waals surface area (Å²) in [6.07, 6.45) is 0. The number of ether oxygens (including phenoxy) is 1. The average Bonchev–Trinajstić information content (AvgIpc) is 2.83. The van der Waals surface area contributed by atoms with Crippen molar-refractivity contribution in [3.8, 4) is 0 Å². The molecule has 1 heterocycles. The topological polar surface area (TPSA) is 64.3 Å². The van der Waals surface area contributed by atoms with E-state index in [9.17, 15) is 4.79 Å². The number of rotatable bonds is 4. The minimum Gasteiger partial charge on any atom is -0.379 e. The zero-order chi connectivity index (χ0) is 14.7. The van der Waals surface area contributed by atoms with Crippen LogP contribution < -0.4 is 11.1 Å². The minimum absolute atomic E-state index is 0.0383. The Morgan fingerprint density at radius 1 is 1.35 bits per heavy atom. The van der Waals surface area contributed by atoms with Gasteiger partial charge < -0.3 is 15.8 Å². The monoisotopic (exact) mass is 296 g/mol. The van der Waals surface area contributed by atoms with E-state index in [0.29, 0.717) is 18.2 Å². The molecular weight excluding hydrogens is 276 g/mol. The summed E-state index contributed by atoms with van der Waals surface area (Å²) in [5, 5.41) is 3.77. The SMILES string of the molecule is CC(C)C(NC(=O)C1COCC1N)c1ccc(Cl)cc1. The molecule has 4 nitrogen and oxygen atoms in total. The number of benzene rings is 1. The molecule has 0 saturated carbocycles. The van der Waals surface area contributed by atoms with E-state index in [4.69, 9.17) is 22.1 Å². The Morgan fingerprint density at radius 3 is 2.50 bits per heavy atom. The van der Waals surface area contributed by atoms with Crippen molar-refractivity contribution >= 4 is 17.5 Å². The summed E-state index contributed by atoms with van der Waals surface area (Å²) in [6.45, 7) is 5.00. The summed E-state index contributed by atoms with van der Waals surface area (Å²) in [5.74, 6) is -0.0223. The van der Waals surface area contributed by atoms with Crippen LogP contribution in [0.4, 0.5) is 0 Å². The molecule has 1 aromatic carbocycles. The van der Waals surface area contributed by atoms with Gasteiger partial charge in [-0.1, -0.05) is 37.6 Å². The van der Waals surface area contributed by atoms with Gasteiger partial charge in [0.2, 0.25) is 5.91 Å². The standard InChI is InChI=1S/C15H21ClN2O2/c1-9(2)14(10-3-5-11(16)6-4-10)18-15(19)12-7-20-8-13(12)17/h3-6,9,12-14H,7-8,17H2,1-2H3,(H,18,19). The van der Waals surface area contributed by atoms with Crippen molar-refractivity contribution in [2.45, 2.75) is 25.9 Å². The van der Waals surface area contributed by atoms with Gasteiger partial charge in [0.05, 0.1) is 25.2 Å². The van der Waals surface area contributed by atoms with Crippen LogP contribution in [0, 0.1) is 11.8 Å². The zero-order valence-electron chi connectivity index (χ0n) is 11.8. The minimum atomic E-state index is -0.261. The molecule has 0 aromatic heterocycles. The number of nitrogens with two attached hydrogens (primary N) is 1. The Bertz CT molecular complexity index is 461. The van der Waals surface area contributed by atoms with Crippen LogP contribution in [0.25, 0.3) is 0 Å². The fraction of sp³-hybridized carbons (Fsp3) is 0.533. The van der Waals surface area contributed by atoms with Crippen LogP contribution in [-0.2, 0) is 9.53 Å².